The summed E-state index contributed by atoms with van der Waals surface area (Å²) in [6.07, 6.45) is 1.67. The first kappa shape index (κ1) is 32.4. The molecule has 10 nitrogen and oxygen atoms in total. The number of aryl methyl sites for hydroxylation is 1. The van der Waals surface area contributed by atoms with E-state index >= 15 is 0 Å². The average molecular weight is 623 g/mol. The van der Waals surface area contributed by atoms with Gasteiger partial charge in [0.1, 0.15) is 5.75 Å². The number of likely N-dealkylation sites (N-methyl/N-ethyl adjacent to an activating group) is 1. The molecule has 1 aliphatic rings. The lowest BCUT2D eigenvalue weighted by Gasteiger charge is -2.32. The number of rotatable bonds is 7. The molecule has 3 aromatic carbocycles. The number of benzene rings is 3. The summed E-state index contributed by atoms with van der Waals surface area (Å²) in [5.74, 6) is 0.235. The van der Waals surface area contributed by atoms with Gasteiger partial charge < -0.3 is 29.7 Å². The van der Waals surface area contributed by atoms with Gasteiger partial charge in [0, 0.05) is 68.0 Å². The third kappa shape index (κ3) is 6.97. The highest BCUT2D eigenvalue weighted by atomic mass is 16.5. The molecule has 1 aliphatic heterocycles. The fraction of sp³-hybridized carbons (Fsp3) is 0.333. The lowest BCUT2D eigenvalue weighted by molar-refractivity contribution is 0.0660. The van der Waals surface area contributed by atoms with Crippen LogP contribution in [0.2, 0.25) is 0 Å². The standard InChI is InChI=1S/C36H42N6O4/c1-23-27(9-8-10-29(23)39-33(43)24-11-13-25(14-12-24)36(2,3)4)30-22-41(6)35(45)32(38-30)37-26-15-16-28(31(21-26)46-7)34(44)42-19-17-40(5)18-20-42/h8-16,21-22H,17-20H2,1-7H3,(H,37,38)(H,39,43). The Balaban J connectivity index is 1.38. The normalized spacial score (nSPS) is 13.8. The van der Waals surface area contributed by atoms with Crippen molar-refractivity contribution in [2.24, 2.45) is 7.05 Å². The Hall–Kier alpha value is -4.96. The molecule has 2 heterocycles. The van der Waals surface area contributed by atoms with Crippen LogP contribution in [0.15, 0.2) is 71.7 Å². The molecule has 46 heavy (non-hydrogen) atoms. The van der Waals surface area contributed by atoms with Gasteiger partial charge in [-0.05, 0) is 60.8 Å². The van der Waals surface area contributed by atoms with Crippen LogP contribution in [0, 0.1) is 6.92 Å². The van der Waals surface area contributed by atoms with Crippen LogP contribution in [-0.4, -0.2) is 71.5 Å². The second-order valence-electron chi connectivity index (χ2n) is 12.8. The molecule has 0 unspecified atom stereocenters. The van der Waals surface area contributed by atoms with Crippen molar-refractivity contribution in [2.75, 3.05) is 51.0 Å². The molecule has 240 valence electrons. The summed E-state index contributed by atoms with van der Waals surface area (Å²) < 4.78 is 7.05. The van der Waals surface area contributed by atoms with Crippen molar-refractivity contribution < 1.29 is 14.3 Å². The molecule has 5 rings (SSSR count). The maximum atomic E-state index is 13.2. The number of carbonyl (C=O) groups excluding carboxylic acids is 2. The molecule has 1 aromatic heterocycles. The first-order valence-corrected chi connectivity index (χ1v) is 15.4. The van der Waals surface area contributed by atoms with E-state index in [0.717, 1.165) is 29.8 Å². The smallest absolute Gasteiger partial charge is 0.293 e. The second-order valence-corrected chi connectivity index (χ2v) is 12.8. The Morgan fingerprint density at radius 3 is 2.28 bits per heavy atom. The van der Waals surface area contributed by atoms with Crippen molar-refractivity contribution in [1.82, 2.24) is 19.4 Å². The van der Waals surface area contributed by atoms with E-state index in [9.17, 15) is 14.4 Å². The Morgan fingerprint density at radius 2 is 1.63 bits per heavy atom. The molecular formula is C36H42N6O4. The van der Waals surface area contributed by atoms with Gasteiger partial charge in [-0.3, -0.25) is 14.4 Å². The van der Waals surface area contributed by atoms with Crippen molar-refractivity contribution in [3.05, 3.63) is 99.5 Å². The van der Waals surface area contributed by atoms with E-state index in [1.165, 1.54) is 11.7 Å². The van der Waals surface area contributed by atoms with Crippen LogP contribution in [0.1, 0.15) is 52.6 Å². The zero-order valence-electron chi connectivity index (χ0n) is 27.6. The number of methoxy groups -OCH3 is 1. The van der Waals surface area contributed by atoms with Crippen molar-refractivity contribution >= 4 is 29.0 Å². The predicted octanol–water partition coefficient (Wildman–Crippen LogP) is 5.45. The van der Waals surface area contributed by atoms with Gasteiger partial charge in [-0.15, -0.1) is 0 Å². The van der Waals surface area contributed by atoms with Gasteiger partial charge in [0.2, 0.25) is 0 Å². The molecule has 1 fully saturated rings. The number of amides is 2. The SMILES string of the molecule is COc1cc(Nc2nc(-c3cccc(NC(=O)c4ccc(C(C)(C)C)cc4)c3C)cn(C)c2=O)ccc1C(=O)N1CCN(C)CC1. The highest BCUT2D eigenvalue weighted by molar-refractivity contribution is 6.05. The highest BCUT2D eigenvalue weighted by Crippen LogP contribution is 2.30. The van der Waals surface area contributed by atoms with Crippen molar-refractivity contribution in [2.45, 2.75) is 33.1 Å². The number of nitrogens with zero attached hydrogens (tertiary/aromatic N) is 4. The van der Waals surface area contributed by atoms with E-state index in [-0.39, 0.29) is 28.6 Å². The predicted molar refractivity (Wildman–Crippen MR) is 182 cm³/mol. The second kappa shape index (κ2) is 13.2. The molecule has 2 amide bonds. The van der Waals surface area contributed by atoms with E-state index in [2.05, 4.69) is 41.3 Å². The molecule has 0 radical (unpaired) electrons. The van der Waals surface area contributed by atoms with Gasteiger partial charge >= 0.3 is 0 Å². The minimum absolute atomic E-state index is 0.00440. The van der Waals surface area contributed by atoms with E-state index in [4.69, 9.17) is 4.74 Å². The number of nitrogens with one attached hydrogen (secondary N) is 2. The Morgan fingerprint density at radius 1 is 0.935 bits per heavy atom. The molecule has 0 aliphatic carbocycles. The quantitative estimate of drug-likeness (QED) is 0.282. The van der Waals surface area contributed by atoms with Crippen LogP contribution in [0.4, 0.5) is 17.2 Å². The highest BCUT2D eigenvalue weighted by Gasteiger charge is 2.24. The molecule has 0 bridgehead atoms. The molecule has 0 atom stereocenters. The zero-order chi connectivity index (χ0) is 33.2. The molecule has 0 saturated carbocycles. The monoisotopic (exact) mass is 622 g/mol. The number of anilines is 3. The fourth-order valence-electron chi connectivity index (χ4n) is 5.44. The molecular weight excluding hydrogens is 580 g/mol. The Kier molecular flexibility index (Phi) is 9.29. The van der Waals surface area contributed by atoms with Gasteiger partial charge in [-0.25, -0.2) is 4.98 Å². The number of hydrogen-bond acceptors (Lipinski definition) is 7. The van der Waals surface area contributed by atoms with Crippen molar-refractivity contribution in [3.8, 4) is 17.0 Å². The number of aromatic nitrogens is 2. The number of hydrogen-bond donors (Lipinski definition) is 2. The number of ether oxygens (including phenoxy) is 1. The molecule has 10 heteroatoms. The minimum atomic E-state index is -0.318. The van der Waals surface area contributed by atoms with Gasteiger partial charge in [0.15, 0.2) is 5.82 Å². The van der Waals surface area contributed by atoms with Gasteiger partial charge in [-0.1, -0.05) is 45.0 Å². The van der Waals surface area contributed by atoms with Crippen LogP contribution >= 0.6 is 0 Å². The third-order valence-electron chi connectivity index (χ3n) is 8.43. The first-order chi connectivity index (χ1) is 21.8. The van der Waals surface area contributed by atoms with Crippen molar-refractivity contribution in [1.29, 1.82) is 0 Å². The van der Waals surface area contributed by atoms with Crippen LogP contribution in [-0.2, 0) is 12.5 Å². The maximum absolute atomic E-state index is 13.2. The lowest BCUT2D eigenvalue weighted by atomic mass is 9.86. The lowest BCUT2D eigenvalue weighted by Crippen LogP contribution is -2.47. The average Bonchev–Trinajstić information content (AvgIpc) is 3.03. The number of carbonyl (C=O) groups is 2. The number of piperazine rings is 1. The summed E-state index contributed by atoms with van der Waals surface area (Å²) in [4.78, 5) is 48.2. The zero-order valence-corrected chi connectivity index (χ0v) is 27.6. The summed E-state index contributed by atoms with van der Waals surface area (Å²) in [6, 6.07) is 18.4. The molecule has 4 aromatic rings. The summed E-state index contributed by atoms with van der Waals surface area (Å²) in [5.41, 5.74) is 5.21. The van der Waals surface area contributed by atoms with Gasteiger partial charge in [0.25, 0.3) is 17.4 Å². The van der Waals surface area contributed by atoms with Crippen LogP contribution < -0.4 is 20.9 Å². The van der Waals surface area contributed by atoms with Gasteiger partial charge in [0.05, 0.1) is 18.4 Å². The molecule has 2 N–H and O–H groups in total. The van der Waals surface area contributed by atoms with E-state index in [1.54, 1.807) is 31.4 Å². The van der Waals surface area contributed by atoms with Crippen LogP contribution in [0.3, 0.4) is 0 Å². The van der Waals surface area contributed by atoms with Gasteiger partial charge in [-0.2, -0.15) is 0 Å². The van der Waals surface area contributed by atoms with Crippen molar-refractivity contribution in [3.63, 3.8) is 0 Å². The Bertz CT molecular complexity index is 1820. The topological polar surface area (TPSA) is 109 Å². The third-order valence-corrected chi connectivity index (χ3v) is 8.43. The largest absolute Gasteiger partial charge is 0.496 e. The van der Waals surface area contributed by atoms with Crippen LogP contribution in [0.25, 0.3) is 11.3 Å². The minimum Gasteiger partial charge on any atom is -0.496 e. The summed E-state index contributed by atoms with van der Waals surface area (Å²) in [6.45, 7) is 11.3. The summed E-state index contributed by atoms with van der Waals surface area (Å²) in [7, 11) is 5.23. The van der Waals surface area contributed by atoms with E-state index < -0.39 is 0 Å². The molecule has 0 spiro atoms. The maximum Gasteiger partial charge on any atom is 0.293 e. The fourth-order valence-corrected chi connectivity index (χ4v) is 5.44. The van der Waals surface area contributed by atoms with E-state index in [1.807, 2.05) is 61.3 Å². The summed E-state index contributed by atoms with van der Waals surface area (Å²) >= 11 is 0. The first-order valence-electron chi connectivity index (χ1n) is 15.4. The van der Waals surface area contributed by atoms with Crippen LogP contribution in [0.5, 0.6) is 5.75 Å². The molecule has 1 saturated heterocycles. The Labute approximate surface area is 270 Å². The van der Waals surface area contributed by atoms with E-state index in [0.29, 0.717) is 47.0 Å². The summed E-state index contributed by atoms with van der Waals surface area (Å²) in [5, 5.41) is 6.16.